The summed E-state index contributed by atoms with van der Waals surface area (Å²) in [6, 6.07) is 4.64. The van der Waals surface area contributed by atoms with E-state index in [1.807, 2.05) is 13.8 Å². The number of amides is 1. The molecule has 1 aromatic carbocycles. The van der Waals surface area contributed by atoms with Gasteiger partial charge in [0.25, 0.3) is 0 Å². The van der Waals surface area contributed by atoms with Gasteiger partial charge in [0.1, 0.15) is 5.82 Å². The Balaban J connectivity index is 1.78. The lowest BCUT2D eigenvalue weighted by molar-refractivity contribution is -0.116. The van der Waals surface area contributed by atoms with Crippen LogP contribution >= 0.6 is 0 Å². The summed E-state index contributed by atoms with van der Waals surface area (Å²) in [5.41, 5.74) is 1.02. The highest BCUT2D eigenvalue weighted by Crippen LogP contribution is 2.15. The van der Waals surface area contributed by atoms with Crippen molar-refractivity contribution in [2.24, 2.45) is 0 Å². The first-order valence-corrected chi connectivity index (χ1v) is 7.34. The Bertz CT molecular complexity index is 653. The Labute approximate surface area is 128 Å². The second-order valence-corrected chi connectivity index (χ2v) is 5.57. The molecule has 1 heterocycles. The van der Waals surface area contributed by atoms with Crippen LogP contribution < -0.4 is 5.32 Å². The summed E-state index contributed by atoms with van der Waals surface area (Å²) in [5.74, 6) is 0.946. The van der Waals surface area contributed by atoms with Crippen molar-refractivity contribution >= 4 is 11.6 Å². The number of halogens is 1. The van der Waals surface area contributed by atoms with Crippen LogP contribution in [0.3, 0.4) is 0 Å². The van der Waals surface area contributed by atoms with E-state index < -0.39 is 0 Å². The van der Waals surface area contributed by atoms with Gasteiger partial charge in [-0.2, -0.15) is 4.98 Å². The van der Waals surface area contributed by atoms with E-state index in [9.17, 15) is 9.18 Å². The maximum absolute atomic E-state index is 13.4. The summed E-state index contributed by atoms with van der Waals surface area (Å²) < 4.78 is 18.5. The van der Waals surface area contributed by atoms with Gasteiger partial charge in [0.2, 0.25) is 11.8 Å². The molecule has 1 N–H and O–H groups in total. The molecular weight excluding hydrogens is 285 g/mol. The first-order valence-electron chi connectivity index (χ1n) is 7.34. The number of hydrogen-bond donors (Lipinski definition) is 1. The number of carbonyl (C=O) groups is 1. The molecule has 2 rings (SSSR count). The minimum atomic E-state index is -0.329. The molecular formula is C16H20FN3O2. The highest BCUT2D eigenvalue weighted by molar-refractivity contribution is 5.90. The van der Waals surface area contributed by atoms with Crippen LogP contribution in [0.1, 0.15) is 49.9 Å². The smallest absolute Gasteiger partial charge is 0.226 e. The van der Waals surface area contributed by atoms with Gasteiger partial charge in [-0.3, -0.25) is 4.79 Å². The molecule has 22 heavy (non-hydrogen) atoms. The fraction of sp³-hybridized carbons (Fsp3) is 0.438. The molecule has 0 unspecified atom stereocenters. The van der Waals surface area contributed by atoms with E-state index >= 15 is 0 Å². The summed E-state index contributed by atoms with van der Waals surface area (Å²) in [6.07, 6.45) is 1.46. The second-order valence-electron chi connectivity index (χ2n) is 5.57. The van der Waals surface area contributed by atoms with Crippen LogP contribution in [0.5, 0.6) is 0 Å². The van der Waals surface area contributed by atoms with E-state index in [-0.39, 0.29) is 17.6 Å². The summed E-state index contributed by atoms with van der Waals surface area (Å²) in [5, 5.41) is 6.54. The molecule has 0 fully saturated rings. The number of aryl methyl sites for hydroxylation is 2. The summed E-state index contributed by atoms with van der Waals surface area (Å²) in [4.78, 5) is 16.1. The average molecular weight is 305 g/mol. The van der Waals surface area contributed by atoms with E-state index in [4.69, 9.17) is 4.52 Å². The third kappa shape index (κ3) is 4.38. The van der Waals surface area contributed by atoms with Crippen molar-refractivity contribution in [3.8, 4) is 0 Å². The zero-order valence-corrected chi connectivity index (χ0v) is 13.0. The predicted octanol–water partition coefficient (Wildman–Crippen LogP) is 3.60. The molecule has 0 aliphatic rings. The van der Waals surface area contributed by atoms with Gasteiger partial charge >= 0.3 is 0 Å². The molecule has 1 amide bonds. The minimum Gasteiger partial charge on any atom is -0.339 e. The summed E-state index contributed by atoms with van der Waals surface area (Å²) >= 11 is 0. The van der Waals surface area contributed by atoms with Crippen molar-refractivity contribution in [2.45, 2.75) is 46.0 Å². The van der Waals surface area contributed by atoms with Gasteiger partial charge in [-0.25, -0.2) is 4.39 Å². The molecule has 2 aromatic rings. The van der Waals surface area contributed by atoms with Crippen molar-refractivity contribution in [3.05, 3.63) is 41.3 Å². The summed E-state index contributed by atoms with van der Waals surface area (Å²) in [7, 11) is 0. The molecule has 0 radical (unpaired) electrons. The fourth-order valence-corrected chi connectivity index (χ4v) is 1.90. The number of rotatable bonds is 6. The van der Waals surface area contributed by atoms with E-state index in [0.29, 0.717) is 42.2 Å². The number of aromatic nitrogens is 2. The lowest BCUT2D eigenvalue weighted by atomic mass is 10.2. The zero-order chi connectivity index (χ0) is 16.1. The molecule has 0 bridgehead atoms. The fourth-order valence-electron chi connectivity index (χ4n) is 1.90. The normalized spacial score (nSPS) is 11.0. The Hall–Kier alpha value is -2.24. The molecule has 0 saturated carbocycles. The lowest BCUT2D eigenvalue weighted by Gasteiger charge is -2.05. The third-order valence-corrected chi connectivity index (χ3v) is 3.25. The third-order valence-electron chi connectivity index (χ3n) is 3.25. The molecule has 0 spiro atoms. The molecule has 0 atom stereocenters. The molecule has 5 nitrogen and oxygen atoms in total. The zero-order valence-electron chi connectivity index (χ0n) is 13.0. The van der Waals surface area contributed by atoms with Crippen LogP contribution in [0.15, 0.2) is 22.7 Å². The average Bonchev–Trinajstić information content (AvgIpc) is 2.92. The van der Waals surface area contributed by atoms with Crippen molar-refractivity contribution in [3.63, 3.8) is 0 Å². The Morgan fingerprint density at radius 1 is 1.41 bits per heavy atom. The van der Waals surface area contributed by atoms with Gasteiger partial charge in [-0.15, -0.1) is 0 Å². The van der Waals surface area contributed by atoms with Gasteiger partial charge in [0, 0.05) is 24.4 Å². The van der Waals surface area contributed by atoms with Crippen LogP contribution in [0, 0.1) is 12.7 Å². The summed E-state index contributed by atoms with van der Waals surface area (Å²) in [6.45, 7) is 5.66. The Morgan fingerprint density at radius 3 is 2.82 bits per heavy atom. The largest absolute Gasteiger partial charge is 0.339 e. The number of anilines is 1. The van der Waals surface area contributed by atoms with Gasteiger partial charge in [-0.05, 0) is 31.0 Å². The van der Waals surface area contributed by atoms with Crippen molar-refractivity contribution in [2.75, 3.05) is 5.32 Å². The van der Waals surface area contributed by atoms with Gasteiger partial charge in [0.15, 0.2) is 5.82 Å². The van der Waals surface area contributed by atoms with E-state index in [0.717, 1.165) is 0 Å². The van der Waals surface area contributed by atoms with Crippen molar-refractivity contribution in [1.82, 2.24) is 10.1 Å². The molecule has 0 saturated heterocycles. The Kier molecular flexibility index (Phi) is 5.25. The SMILES string of the molecule is Cc1ccc(NC(=O)CCCc2nc(C(C)C)no2)cc1F. The van der Waals surface area contributed by atoms with E-state index in [1.54, 1.807) is 19.1 Å². The van der Waals surface area contributed by atoms with Gasteiger partial charge in [-0.1, -0.05) is 25.1 Å². The van der Waals surface area contributed by atoms with E-state index in [2.05, 4.69) is 15.5 Å². The quantitative estimate of drug-likeness (QED) is 0.885. The van der Waals surface area contributed by atoms with Crippen molar-refractivity contribution < 1.29 is 13.7 Å². The van der Waals surface area contributed by atoms with Crippen LogP contribution in [0.2, 0.25) is 0 Å². The number of hydrogen-bond acceptors (Lipinski definition) is 4. The van der Waals surface area contributed by atoms with E-state index in [1.165, 1.54) is 6.07 Å². The molecule has 0 aliphatic carbocycles. The first kappa shape index (κ1) is 16.1. The number of benzene rings is 1. The highest BCUT2D eigenvalue weighted by atomic mass is 19.1. The Morgan fingerprint density at radius 2 is 2.18 bits per heavy atom. The molecule has 1 aromatic heterocycles. The van der Waals surface area contributed by atoms with Crippen LogP contribution in [-0.2, 0) is 11.2 Å². The van der Waals surface area contributed by atoms with Crippen LogP contribution in [0.4, 0.5) is 10.1 Å². The minimum absolute atomic E-state index is 0.160. The number of nitrogens with zero attached hydrogens (tertiary/aromatic N) is 2. The predicted molar refractivity (Wildman–Crippen MR) is 81.1 cm³/mol. The van der Waals surface area contributed by atoms with Gasteiger partial charge < -0.3 is 9.84 Å². The molecule has 6 heteroatoms. The maximum Gasteiger partial charge on any atom is 0.226 e. The van der Waals surface area contributed by atoms with Crippen LogP contribution in [-0.4, -0.2) is 16.0 Å². The standard InChI is InChI=1S/C16H20FN3O2/c1-10(2)16-19-15(22-20-16)6-4-5-14(21)18-12-8-7-11(3)13(17)9-12/h7-10H,4-6H2,1-3H3,(H,18,21). The van der Waals surface area contributed by atoms with Crippen LogP contribution in [0.25, 0.3) is 0 Å². The number of carbonyl (C=O) groups excluding carboxylic acids is 1. The maximum atomic E-state index is 13.4. The lowest BCUT2D eigenvalue weighted by Crippen LogP contribution is -2.11. The second kappa shape index (κ2) is 7.15. The van der Waals surface area contributed by atoms with Gasteiger partial charge in [0.05, 0.1) is 0 Å². The van der Waals surface area contributed by atoms with Crippen molar-refractivity contribution in [1.29, 1.82) is 0 Å². The topological polar surface area (TPSA) is 68.0 Å². The highest BCUT2D eigenvalue weighted by Gasteiger charge is 2.10. The molecule has 118 valence electrons. The number of nitrogens with one attached hydrogen (secondary N) is 1. The molecule has 0 aliphatic heterocycles. The first-order chi connectivity index (χ1) is 10.5. The monoisotopic (exact) mass is 305 g/mol.